The van der Waals surface area contributed by atoms with E-state index in [1.165, 1.54) is 6.07 Å². The Morgan fingerprint density at radius 2 is 1.91 bits per heavy atom. The highest BCUT2D eigenvalue weighted by Crippen LogP contribution is 2.38. The van der Waals surface area contributed by atoms with Gasteiger partial charge in [0.1, 0.15) is 0 Å². The lowest BCUT2D eigenvalue weighted by Crippen LogP contribution is -2.45. The molecule has 1 fully saturated rings. The van der Waals surface area contributed by atoms with Crippen molar-refractivity contribution in [1.82, 2.24) is 10.2 Å². The molecular formula is C16H16ClF3N2S. The first-order valence-electron chi connectivity index (χ1n) is 7.31. The van der Waals surface area contributed by atoms with Crippen molar-refractivity contribution in [3.8, 4) is 0 Å². The second kappa shape index (κ2) is 6.81. The fraction of sp³-hybridized carbons (Fsp3) is 0.375. The van der Waals surface area contributed by atoms with Crippen LogP contribution in [0.4, 0.5) is 13.2 Å². The monoisotopic (exact) mass is 360 g/mol. The molecule has 1 aliphatic heterocycles. The van der Waals surface area contributed by atoms with E-state index in [2.05, 4.69) is 10.2 Å². The van der Waals surface area contributed by atoms with E-state index in [0.717, 1.165) is 42.7 Å². The number of hydrogen-bond acceptors (Lipinski definition) is 3. The highest BCUT2D eigenvalue weighted by Gasteiger charge is 2.34. The van der Waals surface area contributed by atoms with Crippen molar-refractivity contribution in [2.45, 2.75) is 12.2 Å². The molecule has 2 nitrogen and oxygen atoms in total. The van der Waals surface area contributed by atoms with Crippen LogP contribution in [0.25, 0.3) is 0 Å². The number of benzene rings is 1. The minimum Gasteiger partial charge on any atom is -0.314 e. The standard InChI is InChI=1S/C16H16ClF3N2S/c17-13-10-11(3-4-12(13)16(18,19)20)15(14-2-1-9-23-14)22-7-5-21-6-8-22/h1-4,9-10,15,21H,5-8H2/t15-/m0/s1. The molecule has 1 N–H and O–H groups in total. The molecule has 0 unspecified atom stereocenters. The molecule has 3 rings (SSSR count). The number of nitrogens with zero attached hydrogens (tertiary/aromatic N) is 1. The van der Waals surface area contributed by atoms with Crippen LogP contribution in [0.1, 0.15) is 22.0 Å². The molecule has 0 spiro atoms. The summed E-state index contributed by atoms with van der Waals surface area (Å²) < 4.78 is 38.7. The summed E-state index contributed by atoms with van der Waals surface area (Å²) in [7, 11) is 0. The molecule has 2 heterocycles. The fourth-order valence-electron chi connectivity index (χ4n) is 2.87. The van der Waals surface area contributed by atoms with E-state index < -0.39 is 11.7 Å². The maximum absolute atomic E-state index is 12.9. The third-order valence-electron chi connectivity index (χ3n) is 3.94. The molecule has 1 aromatic heterocycles. The summed E-state index contributed by atoms with van der Waals surface area (Å²) in [6.45, 7) is 3.44. The van der Waals surface area contributed by atoms with Gasteiger partial charge >= 0.3 is 6.18 Å². The predicted molar refractivity (Wildman–Crippen MR) is 87.1 cm³/mol. The Hall–Kier alpha value is -1.08. The van der Waals surface area contributed by atoms with E-state index in [9.17, 15) is 13.2 Å². The first-order valence-corrected chi connectivity index (χ1v) is 8.57. The number of nitrogens with one attached hydrogen (secondary N) is 1. The van der Waals surface area contributed by atoms with E-state index in [1.807, 2.05) is 17.5 Å². The highest BCUT2D eigenvalue weighted by molar-refractivity contribution is 7.10. The Morgan fingerprint density at radius 3 is 2.48 bits per heavy atom. The highest BCUT2D eigenvalue weighted by atomic mass is 35.5. The van der Waals surface area contributed by atoms with Crippen LogP contribution in [-0.2, 0) is 6.18 Å². The Labute approximate surface area is 141 Å². The Morgan fingerprint density at radius 1 is 1.17 bits per heavy atom. The number of hydrogen-bond donors (Lipinski definition) is 1. The molecule has 124 valence electrons. The van der Waals surface area contributed by atoms with Gasteiger partial charge in [-0.3, -0.25) is 4.90 Å². The number of thiophene rings is 1. The molecule has 1 aromatic carbocycles. The van der Waals surface area contributed by atoms with Gasteiger partial charge in [0.2, 0.25) is 0 Å². The summed E-state index contributed by atoms with van der Waals surface area (Å²) in [5.41, 5.74) is 0.0144. The van der Waals surface area contributed by atoms with Crippen LogP contribution in [0, 0.1) is 0 Å². The second-order valence-corrected chi connectivity index (χ2v) is 6.83. The lowest BCUT2D eigenvalue weighted by atomic mass is 10.0. The normalized spacial score (nSPS) is 18.1. The predicted octanol–water partition coefficient (Wildman–Crippen LogP) is 4.41. The number of piperazine rings is 1. The summed E-state index contributed by atoms with van der Waals surface area (Å²) >= 11 is 7.52. The van der Waals surface area contributed by atoms with Crippen molar-refractivity contribution in [2.24, 2.45) is 0 Å². The summed E-state index contributed by atoms with van der Waals surface area (Å²) in [6.07, 6.45) is -4.43. The molecule has 1 aliphatic rings. The molecule has 0 saturated carbocycles. The largest absolute Gasteiger partial charge is 0.417 e. The average Bonchev–Trinajstić information content (AvgIpc) is 3.01. The smallest absolute Gasteiger partial charge is 0.314 e. The Bertz CT molecular complexity index is 652. The van der Waals surface area contributed by atoms with Crippen LogP contribution in [0.15, 0.2) is 35.7 Å². The summed E-state index contributed by atoms with van der Waals surface area (Å²) in [5.74, 6) is 0. The molecule has 0 aliphatic carbocycles. The van der Waals surface area contributed by atoms with E-state index in [1.54, 1.807) is 17.4 Å². The fourth-order valence-corrected chi connectivity index (χ4v) is 4.06. The quantitative estimate of drug-likeness (QED) is 0.872. The van der Waals surface area contributed by atoms with E-state index >= 15 is 0 Å². The van der Waals surface area contributed by atoms with Crippen molar-refractivity contribution < 1.29 is 13.2 Å². The van der Waals surface area contributed by atoms with Gasteiger partial charge in [-0.25, -0.2) is 0 Å². The van der Waals surface area contributed by atoms with Crippen molar-refractivity contribution in [1.29, 1.82) is 0 Å². The average molecular weight is 361 g/mol. The topological polar surface area (TPSA) is 15.3 Å². The van der Waals surface area contributed by atoms with Gasteiger partial charge < -0.3 is 5.32 Å². The zero-order valence-corrected chi connectivity index (χ0v) is 13.8. The van der Waals surface area contributed by atoms with Gasteiger partial charge in [-0.1, -0.05) is 23.7 Å². The Kier molecular flexibility index (Phi) is 4.96. The molecule has 0 amide bonds. The van der Waals surface area contributed by atoms with Crippen molar-refractivity contribution >= 4 is 22.9 Å². The van der Waals surface area contributed by atoms with Crippen molar-refractivity contribution in [3.63, 3.8) is 0 Å². The number of alkyl halides is 3. The van der Waals surface area contributed by atoms with Crippen LogP contribution in [0.2, 0.25) is 5.02 Å². The summed E-state index contributed by atoms with van der Waals surface area (Å²) in [6, 6.07) is 8.00. The van der Waals surface area contributed by atoms with Crippen LogP contribution in [-0.4, -0.2) is 31.1 Å². The first kappa shape index (κ1) is 16.8. The van der Waals surface area contributed by atoms with Crippen molar-refractivity contribution in [2.75, 3.05) is 26.2 Å². The van der Waals surface area contributed by atoms with Gasteiger partial charge in [0.05, 0.1) is 16.6 Å². The zero-order valence-electron chi connectivity index (χ0n) is 12.2. The van der Waals surface area contributed by atoms with Crippen molar-refractivity contribution in [3.05, 3.63) is 56.7 Å². The molecule has 0 radical (unpaired) electrons. The lowest BCUT2D eigenvalue weighted by Gasteiger charge is -2.35. The zero-order chi connectivity index (χ0) is 16.4. The molecule has 23 heavy (non-hydrogen) atoms. The van der Waals surface area contributed by atoms with Gasteiger partial charge in [0.25, 0.3) is 0 Å². The molecule has 1 atom stereocenters. The maximum Gasteiger partial charge on any atom is 0.417 e. The Balaban J connectivity index is 1.98. The third kappa shape index (κ3) is 3.71. The van der Waals surface area contributed by atoms with E-state index in [0.29, 0.717) is 0 Å². The van der Waals surface area contributed by atoms with E-state index in [4.69, 9.17) is 11.6 Å². The van der Waals surface area contributed by atoms with Crippen LogP contribution in [0.5, 0.6) is 0 Å². The van der Waals surface area contributed by atoms with Crippen LogP contribution in [0.3, 0.4) is 0 Å². The van der Waals surface area contributed by atoms with Crippen LogP contribution >= 0.6 is 22.9 Å². The summed E-state index contributed by atoms with van der Waals surface area (Å²) in [4.78, 5) is 3.39. The van der Waals surface area contributed by atoms with Gasteiger partial charge in [-0.15, -0.1) is 11.3 Å². The van der Waals surface area contributed by atoms with Gasteiger partial charge in [-0.2, -0.15) is 13.2 Å². The molecule has 2 aromatic rings. The molecule has 0 bridgehead atoms. The first-order chi connectivity index (χ1) is 11.0. The second-order valence-electron chi connectivity index (χ2n) is 5.44. The summed E-state index contributed by atoms with van der Waals surface area (Å²) in [5, 5.41) is 5.03. The third-order valence-corrected chi connectivity index (χ3v) is 5.18. The minimum atomic E-state index is -4.43. The number of halogens is 4. The lowest BCUT2D eigenvalue weighted by molar-refractivity contribution is -0.137. The molecular weight excluding hydrogens is 345 g/mol. The van der Waals surface area contributed by atoms with Crippen LogP contribution < -0.4 is 5.32 Å². The SMILES string of the molecule is FC(F)(F)c1ccc([C@@H](c2cccs2)N2CCNCC2)cc1Cl. The number of rotatable bonds is 3. The van der Waals surface area contributed by atoms with Gasteiger partial charge in [0, 0.05) is 31.1 Å². The molecule has 1 saturated heterocycles. The van der Waals surface area contributed by atoms with E-state index in [-0.39, 0.29) is 11.1 Å². The minimum absolute atomic E-state index is 0.0584. The molecule has 7 heteroatoms. The maximum atomic E-state index is 12.9. The van der Waals surface area contributed by atoms with Gasteiger partial charge in [0.15, 0.2) is 0 Å². The van der Waals surface area contributed by atoms with Gasteiger partial charge in [-0.05, 0) is 29.1 Å².